The van der Waals surface area contributed by atoms with E-state index in [4.69, 9.17) is 0 Å². The first-order valence-electron chi connectivity index (χ1n) is 8.89. The van der Waals surface area contributed by atoms with Crippen molar-refractivity contribution < 1.29 is 9.59 Å². The third-order valence-electron chi connectivity index (χ3n) is 4.77. The van der Waals surface area contributed by atoms with Crippen LogP contribution in [-0.2, 0) is 4.79 Å². The molecule has 0 aliphatic carbocycles. The van der Waals surface area contributed by atoms with Gasteiger partial charge in [-0.05, 0) is 50.1 Å². The standard InChI is InChI=1S/C20H21N3O2S/c1-13-19(24)22-16-12-14(8-9-18(16)26-13)20(25)21-15-6-2-3-7-17(15)23-10-4-5-11-23/h2-3,6-9,12-13H,4-5,10-11H2,1H3,(H,21,25)(H,22,24). The van der Waals surface area contributed by atoms with E-state index in [0.29, 0.717) is 11.3 Å². The number of benzene rings is 2. The van der Waals surface area contributed by atoms with Crippen LogP contribution in [0.1, 0.15) is 30.1 Å². The van der Waals surface area contributed by atoms with Gasteiger partial charge >= 0.3 is 0 Å². The zero-order valence-corrected chi connectivity index (χ0v) is 15.4. The SMILES string of the molecule is CC1Sc2ccc(C(=O)Nc3ccccc3N3CCCC3)cc2NC1=O. The maximum Gasteiger partial charge on any atom is 0.255 e. The van der Waals surface area contributed by atoms with Gasteiger partial charge in [0.15, 0.2) is 0 Å². The average molecular weight is 367 g/mol. The van der Waals surface area contributed by atoms with Crippen LogP contribution in [0, 0.1) is 0 Å². The first kappa shape index (κ1) is 17.0. The lowest BCUT2D eigenvalue weighted by molar-refractivity contribution is -0.115. The lowest BCUT2D eigenvalue weighted by atomic mass is 10.1. The molecule has 2 aromatic rings. The molecule has 2 N–H and O–H groups in total. The van der Waals surface area contributed by atoms with Crippen LogP contribution in [0.5, 0.6) is 0 Å². The molecule has 2 aliphatic heterocycles. The van der Waals surface area contributed by atoms with E-state index in [2.05, 4.69) is 15.5 Å². The molecular formula is C20H21N3O2S. The van der Waals surface area contributed by atoms with Crippen LogP contribution in [0.3, 0.4) is 0 Å². The van der Waals surface area contributed by atoms with E-state index in [1.807, 2.05) is 43.3 Å². The van der Waals surface area contributed by atoms with Crippen molar-refractivity contribution in [2.24, 2.45) is 0 Å². The van der Waals surface area contributed by atoms with Crippen molar-refractivity contribution in [1.29, 1.82) is 0 Å². The van der Waals surface area contributed by atoms with E-state index in [1.165, 1.54) is 24.6 Å². The molecule has 0 bridgehead atoms. The van der Waals surface area contributed by atoms with E-state index >= 15 is 0 Å². The van der Waals surface area contributed by atoms with Crippen LogP contribution in [-0.4, -0.2) is 30.2 Å². The second-order valence-electron chi connectivity index (χ2n) is 6.63. The summed E-state index contributed by atoms with van der Waals surface area (Å²) >= 11 is 1.51. The third kappa shape index (κ3) is 3.29. The van der Waals surface area contributed by atoms with Crippen molar-refractivity contribution in [2.45, 2.75) is 29.9 Å². The largest absolute Gasteiger partial charge is 0.370 e. The van der Waals surface area contributed by atoms with E-state index in [0.717, 1.165) is 29.4 Å². The molecule has 1 atom stereocenters. The molecule has 26 heavy (non-hydrogen) atoms. The topological polar surface area (TPSA) is 61.4 Å². The minimum atomic E-state index is -0.169. The molecule has 0 radical (unpaired) electrons. The summed E-state index contributed by atoms with van der Waals surface area (Å²) in [4.78, 5) is 27.9. The molecule has 0 aromatic heterocycles. The smallest absolute Gasteiger partial charge is 0.255 e. The first-order valence-corrected chi connectivity index (χ1v) is 9.77. The van der Waals surface area contributed by atoms with Gasteiger partial charge in [0.1, 0.15) is 0 Å². The third-order valence-corrected chi connectivity index (χ3v) is 5.95. The molecule has 134 valence electrons. The number of hydrogen-bond acceptors (Lipinski definition) is 4. The molecular weight excluding hydrogens is 346 g/mol. The maximum atomic E-state index is 12.8. The molecule has 0 saturated carbocycles. The monoisotopic (exact) mass is 367 g/mol. The predicted octanol–water partition coefficient (Wildman–Crippen LogP) is 3.97. The molecule has 5 nitrogen and oxygen atoms in total. The number of carbonyl (C=O) groups excluding carboxylic acids is 2. The van der Waals surface area contributed by atoms with Crippen LogP contribution in [0.2, 0.25) is 0 Å². The highest BCUT2D eigenvalue weighted by atomic mass is 32.2. The second-order valence-corrected chi connectivity index (χ2v) is 8.01. The van der Waals surface area contributed by atoms with Crippen LogP contribution in [0.25, 0.3) is 0 Å². The van der Waals surface area contributed by atoms with E-state index < -0.39 is 0 Å². The summed E-state index contributed by atoms with van der Waals surface area (Å²) in [7, 11) is 0. The van der Waals surface area contributed by atoms with Gasteiger partial charge in [-0.2, -0.15) is 0 Å². The zero-order chi connectivity index (χ0) is 18.1. The molecule has 2 aliphatic rings. The Kier molecular flexibility index (Phi) is 4.59. The van der Waals surface area contributed by atoms with Crippen LogP contribution < -0.4 is 15.5 Å². The number of para-hydroxylation sites is 2. The normalized spacial score (nSPS) is 19.0. The Labute approximate surface area is 157 Å². The Bertz CT molecular complexity index is 862. The van der Waals surface area contributed by atoms with Crippen LogP contribution in [0.4, 0.5) is 17.1 Å². The number of carbonyl (C=O) groups is 2. The summed E-state index contributed by atoms with van der Waals surface area (Å²) in [5.41, 5.74) is 3.13. The number of hydrogen-bond donors (Lipinski definition) is 2. The average Bonchev–Trinajstić information content (AvgIpc) is 3.17. The molecule has 6 heteroatoms. The predicted molar refractivity (Wildman–Crippen MR) is 106 cm³/mol. The first-order chi connectivity index (χ1) is 12.6. The highest BCUT2D eigenvalue weighted by molar-refractivity contribution is 8.00. The number of thioether (sulfide) groups is 1. The summed E-state index contributed by atoms with van der Waals surface area (Å²) in [6.45, 7) is 3.92. The Morgan fingerprint density at radius 3 is 2.77 bits per heavy atom. The van der Waals surface area contributed by atoms with E-state index in [1.54, 1.807) is 6.07 Å². The van der Waals surface area contributed by atoms with Crippen LogP contribution >= 0.6 is 11.8 Å². The van der Waals surface area contributed by atoms with Crippen molar-refractivity contribution >= 4 is 40.6 Å². The summed E-state index contributed by atoms with van der Waals surface area (Å²) in [5.74, 6) is -0.197. The molecule has 1 saturated heterocycles. The van der Waals surface area contributed by atoms with Gasteiger partial charge in [-0.25, -0.2) is 0 Å². The lowest BCUT2D eigenvalue weighted by Crippen LogP contribution is -2.26. The van der Waals surface area contributed by atoms with Gasteiger partial charge in [-0.3, -0.25) is 9.59 Å². The van der Waals surface area contributed by atoms with Gasteiger partial charge in [-0.1, -0.05) is 12.1 Å². The van der Waals surface area contributed by atoms with Gasteiger partial charge in [0.25, 0.3) is 5.91 Å². The minimum absolute atomic E-state index is 0.0283. The molecule has 1 fully saturated rings. The van der Waals surface area contributed by atoms with E-state index in [-0.39, 0.29) is 17.1 Å². The fourth-order valence-electron chi connectivity index (χ4n) is 3.36. The maximum absolute atomic E-state index is 12.8. The Balaban J connectivity index is 1.56. The number of nitrogens with one attached hydrogen (secondary N) is 2. The molecule has 0 spiro atoms. The quantitative estimate of drug-likeness (QED) is 0.862. The summed E-state index contributed by atoms with van der Waals surface area (Å²) in [6.07, 6.45) is 2.37. The summed E-state index contributed by atoms with van der Waals surface area (Å²) < 4.78 is 0. The number of anilines is 3. The van der Waals surface area contributed by atoms with Crippen molar-refractivity contribution in [3.8, 4) is 0 Å². The Morgan fingerprint density at radius 1 is 1.19 bits per heavy atom. The highest BCUT2D eigenvalue weighted by Gasteiger charge is 2.24. The van der Waals surface area contributed by atoms with Gasteiger partial charge in [0.05, 0.1) is 22.3 Å². The highest BCUT2D eigenvalue weighted by Crippen LogP contribution is 2.36. The molecule has 1 unspecified atom stereocenters. The number of rotatable bonds is 3. The van der Waals surface area contributed by atoms with Gasteiger partial charge in [0.2, 0.25) is 5.91 Å². The molecule has 2 heterocycles. The van der Waals surface area contributed by atoms with Crippen molar-refractivity contribution in [2.75, 3.05) is 28.6 Å². The van der Waals surface area contributed by atoms with Gasteiger partial charge in [0, 0.05) is 23.5 Å². The van der Waals surface area contributed by atoms with Crippen molar-refractivity contribution in [1.82, 2.24) is 0 Å². The molecule has 2 aromatic carbocycles. The number of amides is 2. The zero-order valence-electron chi connectivity index (χ0n) is 14.6. The van der Waals surface area contributed by atoms with Crippen molar-refractivity contribution in [3.63, 3.8) is 0 Å². The fraction of sp³-hybridized carbons (Fsp3) is 0.300. The number of fused-ring (bicyclic) bond motifs is 1. The van der Waals surface area contributed by atoms with Crippen LogP contribution in [0.15, 0.2) is 47.4 Å². The molecule has 2 amide bonds. The number of nitrogens with zero attached hydrogens (tertiary/aromatic N) is 1. The van der Waals surface area contributed by atoms with E-state index in [9.17, 15) is 9.59 Å². The second kappa shape index (κ2) is 7.03. The fourth-order valence-corrected chi connectivity index (χ4v) is 4.29. The van der Waals surface area contributed by atoms with Gasteiger partial charge < -0.3 is 15.5 Å². The summed E-state index contributed by atoms with van der Waals surface area (Å²) in [6, 6.07) is 13.4. The Hall–Kier alpha value is -2.47. The van der Waals surface area contributed by atoms with Gasteiger partial charge in [-0.15, -0.1) is 11.8 Å². The minimum Gasteiger partial charge on any atom is -0.370 e. The molecule has 4 rings (SSSR count). The Morgan fingerprint density at radius 2 is 1.96 bits per heavy atom. The van der Waals surface area contributed by atoms with Crippen molar-refractivity contribution in [3.05, 3.63) is 48.0 Å². The summed E-state index contributed by atoms with van der Waals surface area (Å²) in [5, 5.41) is 5.79. The lowest BCUT2D eigenvalue weighted by Gasteiger charge is -2.23.